The first-order valence-corrected chi connectivity index (χ1v) is 15.2. The molecule has 1 spiro atoms. The van der Waals surface area contributed by atoms with Crippen LogP contribution in [0.3, 0.4) is 0 Å². The van der Waals surface area contributed by atoms with E-state index in [4.69, 9.17) is 32.0 Å². The van der Waals surface area contributed by atoms with Crippen LogP contribution in [0.4, 0.5) is 5.82 Å². The van der Waals surface area contributed by atoms with Crippen LogP contribution in [0, 0.1) is 12.3 Å². The molecule has 1 amide bonds. The summed E-state index contributed by atoms with van der Waals surface area (Å²) in [6.07, 6.45) is 6.37. The summed E-state index contributed by atoms with van der Waals surface area (Å²) in [5, 5.41) is 14.1. The van der Waals surface area contributed by atoms with Crippen LogP contribution in [-0.2, 0) is 17.8 Å². The van der Waals surface area contributed by atoms with Crippen molar-refractivity contribution < 1.29 is 14.6 Å². The van der Waals surface area contributed by atoms with Gasteiger partial charge in [-0.25, -0.2) is 15.0 Å². The van der Waals surface area contributed by atoms with E-state index in [0.717, 1.165) is 48.8 Å². The average Bonchev–Trinajstić information content (AvgIpc) is 3.56. The number of amides is 1. The Hall–Kier alpha value is -3.22. The molecule has 1 saturated heterocycles. The number of carbonyl (C=O) groups excluding carboxylic acids is 1. The van der Waals surface area contributed by atoms with E-state index >= 15 is 0 Å². The molecule has 0 radical (unpaired) electrons. The first-order valence-electron chi connectivity index (χ1n) is 14.0. The van der Waals surface area contributed by atoms with Crippen LogP contribution < -0.4 is 16.0 Å². The number of ether oxygens (including phenoxy) is 1. The minimum Gasteiger partial charge on any atom is -0.390 e. The van der Waals surface area contributed by atoms with Crippen molar-refractivity contribution in [2.75, 3.05) is 38.3 Å². The molecule has 0 unspecified atom stereocenters. The van der Waals surface area contributed by atoms with Crippen LogP contribution in [-0.4, -0.2) is 63.7 Å². The number of aromatic nitrogens is 4. The number of nitrogens with zero attached hydrogens (tertiary/aromatic N) is 5. The number of methoxy groups -OCH3 is 1. The number of aliphatic hydroxyl groups is 1. The molecular weight excluding hydrogens is 574 g/mol. The van der Waals surface area contributed by atoms with Gasteiger partial charge in [-0.3, -0.25) is 4.79 Å². The van der Waals surface area contributed by atoms with Crippen LogP contribution in [0.15, 0.2) is 52.6 Å². The summed E-state index contributed by atoms with van der Waals surface area (Å²) in [5.41, 5.74) is 11.5. The number of nitrogens with one attached hydrogen (secondary N) is 1. The van der Waals surface area contributed by atoms with Crippen LogP contribution in [0.1, 0.15) is 51.9 Å². The summed E-state index contributed by atoms with van der Waals surface area (Å²) >= 11 is 8.11. The Kier molecular flexibility index (Phi) is 8.12. The highest BCUT2D eigenvalue weighted by Gasteiger charge is 2.46. The lowest BCUT2D eigenvalue weighted by Crippen LogP contribution is -2.45. The molecule has 3 aromatic heterocycles. The van der Waals surface area contributed by atoms with E-state index in [1.807, 2.05) is 19.2 Å². The lowest BCUT2D eigenvalue weighted by molar-refractivity contribution is 0.0932. The minimum atomic E-state index is -0.297. The molecule has 1 aromatic carbocycles. The van der Waals surface area contributed by atoms with Gasteiger partial charge in [0.05, 0.1) is 23.9 Å². The van der Waals surface area contributed by atoms with E-state index in [1.54, 1.807) is 17.7 Å². The smallest absolute Gasteiger partial charge is 0.271 e. The Morgan fingerprint density at radius 2 is 2.02 bits per heavy atom. The maximum atomic E-state index is 12.5. The van der Waals surface area contributed by atoms with Crippen molar-refractivity contribution in [2.24, 2.45) is 11.1 Å². The second-order valence-corrected chi connectivity index (χ2v) is 12.4. The molecule has 220 valence electrons. The molecule has 10 nitrogen and oxygen atoms in total. The zero-order valence-electron chi connectivity index (χ0n) is 23.6. The van der Waals surface area contributed by atoms with Crippen molar-refractivity contribution in [3.05, 3.63) is 76.0 Å². The number of anilines is 1. The van der Waals surface area contributed by atoms with Crippen LogP contribution >= 0.6 is 23.4 Å². The maximum absolute atomic E-state index is 12.5. The highest BCUT2D eigenvalue weighted by molar-refractivity contribution is 7.99. The van der Waals surface area contributed by atoms with Gasteiger partial charge in [0.2, 0.25) is 0 Å². The van der Waals surface area contributed by atoms with Gasteiger partial charge in [-0.1, -0.05) is 47.6 Å². The van der Waals surface area contributed by atoms with E-state index in [2.05, 4.69) is 39.5 Å². The Balaban J connectivity index is 1.19. The largest absolute Gasteiger partial charge is 0.390 e. The number of nitrogens with two attached hydrogens (primary N) is 1. The van der Waals surface area contributed by atoms with Crippen molar-refractivity contribution >= 4 is 40.7 Å². The molecule has 4 aromatic rings. The van der Waals surface area contributed by atoms with Crippen LogP contribution in [0.5, 0.6) is 0 Å². The van der Waals surface area contributed by atoms with Crippen molar-refractivity contribution in [1.29, 1.82) is 0 Å². The Labute approximate surface area is 253 Å². The normalized spacial score (nSPS) is 17.6. The summed E-state index contributed by atoms with van der Waals surface area (Å²) < 4.78 is 6.70. The molecule has 12 heteroatoms. The van der Waals surface area contributed by atoms with Gasteiger partial charge in [-0.2, -0.15) is 0 Å². The predicted molar refractivity (Wildman–Crippen MR) is 162 cm³/mol. The fraction of sp³-hybridized carbons (Fsp3) is 0.400. The highest BCUT2D eigenvalue weighted by atomic mass is 35.5. The van der Waals surface area contributed by atoms with Gasteiger partial charge in [0.1, 0.15) is 16.4 Å². The maximum Gasteiger partial charge on any atom is 0.271 e. The summed E-state index contributed by atoms with van der Waals surface area (Å²) in [4.78, 5) is 29.6. The second kappa shape index (κ2) is 11.8. The molecule has 2 aliphatic rings. The fourth-order valence-electron chi connectivity index (χ4n) is 6.10. The number of benzene rings is 1. The van der Waals surface area contributed by atoms with E-state index in [1.165, 1.54) is 22.9 Å². The SMILES string of the molecule is COCCNC(=O)c1cn2ccc(Sc3nc(CO)c(N4CCC5(CC4)Cc4ccccc4[C@H]5N)nc3C)c(Cl)c2n1. The van der Waals surface area contributed by atoms with Gasteiger partial charge < -0.3 is 30.2 Å². The minimum absolute atomic E-state index is 0.0399. The zero-order chi connectivity index (χ0) is 29.4. The van der Waals surface area contributed by atoms with Gasteiger partial charge in [0.25, 0.3) is 5.91 Å². The molecule has 1 atom stereocenters. The molecule has 0 bridgehead atoms. The molecule has 1 aliphatic carbocycles. The van der Waals surface area contributed by atoms with E-state index < -0.39 is 0 Å². The number of pyridine rings is 1. The van der Waals surface area contributed by atoms with Crippen LogP contribution in [0.25, 0.3) is 5.65 Å². The van der Waals surface area contributed by atoms with E-state index in [0.29, 0.717) is 34.5 Å². The first kappa shape index (κ1) is 28.9. The standard InChI is InChI=1S/C30H34ClN7O3S/c1-18-29(42-23-7-11-38-16-21(35-27(38)24(23)31)28(40)33-10-14-41-2)36-22(17-39)26(34-18)37-12-8-30(9-13-37)15-19-5-3-4-6-20(19)25(30)32/h3-7,11,16,25,39H,8-10,12-15,17,32H2,1-2H3,(H,33,40)/t25-/m1/s1. The van der Waals surface area contributed by atoms with Gasteiger partial charge in [0.15, 0.2) is 11.5 Å². The Morgan fingerprint density at radius 3 is 2.76 bits per heavy atom. The van der Waals surface area contributed by atoms with Crippen LogP contribution in [0.2, 0.25) is 5.02 Å². The number of carbonyl (C=O) groups is 1. The van der Waals surface area contributed by atoms with Crippen molar-refractivity contribution in [3.8, 4) is 0 Å². The van der Waals surface area contributed by atoms with Gasteiger partial charge in [-0.15, -0.1) is 0 Å². The third-order valence-corrected chi connectivity index (χ3v) is 10.1. The number of piperidine rings is 1. The summed E-state index contributed by atoms with van der Waals surface area (Å²) in [6.45, 7) is 4.10. The van der Waals surface area contributed by atoms with Gasteiger partial charge >= 0.3 is 0 Å². The topological polar surface area (TPSA) is 131 Å². The first-order chi connectivity index (χ1) is 20.3. The number of hydrogen-bond donors (Lipinski definition) is 3. The van der Waals surface area contributed by atoms with Crippen molar-refractivity contribution in [1.82, 2.24) is 24.7 Å². The molecule has 1 aliphatic heterocycles. The third kappa shape index (κ3) is 5.24. The number of aliphatic hydroxyl groups excluding tert-OH is 1. The molecule has 42 heavy (non-hydrogen) atoms. The van der Waals surface area contributed by atoms with Gasteiger partial charge in [-0.05, 0) is 48.8 Å². The Bertz CT molecular complexity index is 1640. The summed E-state index contributed by atoms with van der Waals surface area (Å²) in [7, 11) is 1.58. The average molecular weight is 608 g/mol. The summed E-state index contributed by atoms with van der Waals surface area (Å²) in [6, 6.07) is 10.4. The highest BCUT2D eigenvalue weighted by Crippen LogP contribution is 2.51. The number of rotatable bonds is 8. The summed E-state index contributed by atoms with van der Waals surface area (Å²) in [5.74, 6) is 0.422. The lowest BCUT2D eigenvalue weighted by Gasteiger charge is -2.43. The number of aryl methyl sites for hydroxylation is 1. The lowest BCUT2D eigenvalue weighted by atomic mass is 9.73. The molecule has 4 heterocycles. The zero-order valence-corrected chi connectivity index (χ0v) is 25.2. The quantitative estimate of drug-likeness (QED) is 0.255. The molecular formula is C30H34ClN7O3S. The van der Waals surface area contributed by atoms with Crippen molar-refractivity contribution in [2.45, 2.75) is 48.8 Å². The monoisotopic (exact) mass is 607 g/mol. The molecule has 1 fully saturated rings. The molecule has 4 N–H and O–H groups in total. The van der Waals surface area contributed by atoms with Gasteiger partial charge in [0, 0.05) is 50.1 Å². The number of imidazole rings is 1. The van der Waals surface area contributed by atoms with Crippen molar-refractivity contribution in [3.63, 3.8) is 0 Å². The number of halogens is 1. The number of fused-ring (bicyclic) bond motifs is 2. The molecule has 6 rings (SSSR count). The fourth-order valence-corrected chi connectivity index (χ4v) is 7.29. The number of hydrogen-bond acceptors (Lipinski definition) is 9. The molecule has 0 saturated carbocycles. The Morgan fingerprint density at radius 1 is 1.24 bits per heavy atom. The predicted octanol–water partition coefficient (Wildman–Crippen LogP) is 3.95. The van der Waals surface area contributed by atoms with E-state index in [9.17, 15) is 9.90 Å². The second-order valence-electron chi connectivity index (χ2n) is 10.9. The third-order valence-electron chi connectivity index (χ3n) is 8.44. The van der Waals surface area contributed by atoms with E-state index in [-0.39, 0.29) is 29.7 Å².